The lowest BCUT2D eigenvalue weighted by atomic mass is 10.0. The molecule has 0 saturated carbocycles. The second-order valence-electron chi connectivity index (χ2n) is 6.65. The summed E-state index contributed by atoms with van der Waals surface area (Å²) < 4.78 is 10.8. The number of amides is 1. The van der Waals surface area contributed by atoms with Gasteiger partial charge in [0.1, 0.15) is 18.1 Å². The van der Waals surface area contributed by atoms with Crippen molar-refractivity contribution in [3.63, 3.8) is 0 Å². The molecule has 1 aliphatic heterocycles. The number of carbonyl (C=O) groups is 1. The van der Waals surface area contributed by atoms with Crippen LogP contribution in [0.2, 0.25) is 0 Å². The van der Waals surface area contributed by atoms with Gasteiger partial charge in [-0.2, -0.15) is 0 Å². The smallest absolute Gasteiger partial charge is 0.246 e. The molecule has 1 aliphatic rings. The monoisotopic (exact) mass is 396 g/mol. The summed E-state index contributed by atoms with van der Waals surface area (Å²) in [6.07, 6.45) is 2.00. The van der Waals surface area contributed by atoms with E-state index in [0.29, 0.717) is 19.1 Å². The SMILES string of the molecule is CN=C(NCCOc1ccc(OC)cc1)NCC(=O)N1CCCc2ccccc21. The molecule has 29 heavy (non-hydrogen) atoms. The lowest BCUT2D eigenvalue weighted by molar-refractivity contribution is -0.117. The minimum atomic E-state index is 0.0367. The van der Waals surface area contributed by atoms with Crippen LogP contribution in [0.4, 0.5) is 5.69 Å². The quantitative estimate of drug-likeness (QED) is 0.426. The van der Waals surface area contributed by atoms with Crippen LogP contribution < -0.4 is 25.0 Å². The van der Waals surface area contributed by atoms with Gasteiger partial charge in [-0.1, -0.05) is 18.2 Å². The van der Waals surface area contributed by atoms with Gasteiger partial charge in [-0.05, 0) is 48.7 Å². The predicted molar refractivity (Wildman–Crippen MR) is 115 cm³/mol. The van der Waals surface area contributed by atoms with E-state index < -0.39 is 0 Å². The molecule has 0 atom stereocenters. The molecule has 0 unspecified atom stereocenters. The van der Waals surface area contributed by atoms with Crippen molar-refractivity contribution in [2.45, 2.75) is 12.8 Å². The lowest BCUT2D eigenvalue weighted by Gasteiger charge is -2.29. The molecule has 0 aromatic heterocycles. The van der Waals surface area contributed by atoms with Gasteiger partial charge in [-0.25, -0.2) is 0 Å². The van der Waals surface area contributed by atoms with Crippen molar-refractivity contribution < 1.29 is 14.3 Å². The summed E-state index contributed by atoms with van der Waals surface area (Å²) >= 11 is 0. The number of benzene rings is 2. The lowest BCUT2D eigenvalue weighted by Crippen LogP contribution is -2.46. The van der Waals surface area contributed by atoms with Crippen molar-refractivity contribution in [3.05, 3.63) is 54.1 Å². The number of fused-ring (bicyclic) bond motifs is 1. The van der Waals surface area contributed by atoms with Crippen LogP contribution in [0.15, 0.2) is 53.5 Å². The summed E-state index contributed by atoms with van der Waals surface area (Å²) in [5.41, 5.74) is 2.24. The van der Waals surface area contributed by atoms with Crippen LogP contribution in [0.3, 0.4) is 0 Å². The van der Waals surface area contributed by atoms with Gasteiger partial charge in [0.2, 0.25) is 5.91 Å². The minimum Gasteiger partial charge on any atom is -0.497 e. The first-order chi connectivity index (χ1) is 14.2. The molecular formula is C22H28N4O3. The highest BCUT2D eigenvalue weighted by Crippen LogP contribution is 2.26. The zero-order chi connectivity index (χ0) is 20.5. The molecule has 7 nitrogen and oxygen atoms in total. The Labute approximate surface area is 171 Å². The molecule has 2 aromatic rings. The summed E-state index contributed by atoms with van der Waals surface area (Å²) in [7, 11) is 3.31. The fourth-order valence-electron chi connectivity index (χ4n) is 3.28. The number of anilines is 1. The van der Waals surface area contributed by atoms with Crippen molar-refractivity contribution in [1.82, 2.24) is 10.6 Å². The Morgan fingerprint density at radius 1 is 1.10 bits per heavy atom. The topological polar surface area (TPSA) is 75.2 Å². The van der Waals surface area contributed by atoms with Crippen LogP contribution in [0.1, 0.15) is 12.0 Å². The average Bonchev–Trinajstić information content (AvgIpc) is 2.78. The van der Waals surface area contributed by atoms with Crippen LogP contribution in [0, 0.1) is 0 Å². The Kier molecular flexibility index (Phi) is 7.33. The van der Waals surface area contributed by atoms with E-state index in [4.69, 9.17) is 9.47 Å². The van der Waals surface area contributed by atoms with Crippen molar-refractivity contribution in [3.8, 4) is 11.5 Å². The number of guanidine groups is 1. The summed E-state index contributed by atoms with van der Waals surface area (Å²) in [4.78, 5) is 18.7. The molecule has 0 aliphatic carbocycles. The number of hydrogen-bond donors (Lipinski definition) is 2. The van der Waals surface area contributed by atoms with Crippen LogP contribution in [-0.4, -0.2) is 52.3 Å². The number of para-hydroxylation sites is 1. The van der Waals surface area contributed by atoms with Crippen molar-refractivity contribution >= 4 is 17.6 Å². The van der Waals surface area contributed by atoms with Crippen molar-refractivity contribution in [2.75, 3.05) is 45.3 Å². The molecule has 0 spiro atoms. The van der Waals surface area contributed by atoms with E-state index in [0.717, 1.165) is 36.6 Å². The standard InChI is InChI=1S/C22H28N4O3/c1-23-22(24-13-15-29-19-11-9-18(28-2)10-12-19)25-16-21(27)26-14-5-7-17-6-3-4-8-20(17)26/h3-4,6,8-12H,5,7,13-16H2,1-2H3,(H2,23,24,25). The maximum atomic E-state index is 12.7. The molecule has 0 bridgehead atoms. The summed E-state index contributed by atoms with van der Waals surface area (Å²) in [5, 5.41) is 6.24. The number of nitrogens with zero attached hydrogens (tertiary/aromatic N) is 2. The predicted octanol–water partition coefficient (Wildman–Crippen LogP) is 2.22. The molecule has 0 fully saturated rings. The van der Waals surface area contributed by atoms with E-state index in [1.165, 1.54) is 5.56 Å². The molecule has 2 N–H and O–H groups in total. The second kappa shape index (κ2) is 10.4. The first-order valence-corrected chi connectivity index (χ1v) is 9.81. The maximum Gasteiger partial charge on any atom is 0.246 e. The van der Waals surface area contributed by atoms with E-state index in [1.54, 1.807) is 14.2 Å². The largest absolute Gasteiger partial charge is 0.497 e. The number of nitrogens with one attached hydrogen (secondary N) is 2. The average molecular weight is 396 g/mol. The van der Waals surface area contributed by atoms with Gasteiger partial charge in [0.05, 0.1) is 20.2 Å². The minimum absolute atomic E-state index is 0.0367. The van der Waals surface area contributed by atoms with Gasteiger partial charge in [0.15, 0.2) is 5.96 Å². The van der Waals surface area contributed by atoms with E-state index in [9.17, 15) is 4.79 Å². The molecular weight excluding hydrogens is 368 g/mol. The van der Waals surface area contributed by atoms with Gasteiger partial charge in [-0.15, -0.1) is 0 Å². The molecule has 154 valence electrons. The van der Waals surface area contributed by atoms with E-state index >= 15 is 0 Å². The molecule has 1 amide bonds. The number of aryl methyl sites for hydroxylation is 1. The Hall–Kier alpha value is -3.22. The van der Waals surface area contributed by atoms with E-state index in [2.05, 4.69) is 21.7 Å². The third-order valence-electron chi connectivity index (χ3n) is 4.76. The van der Waals surface area contributed by atoms with Gasteiger partial charge < -0.3 is 25.0 Å². The van der Waals surface area contributed by atoms with Gasteiger partial charge in [0.25, 0.3) is 0 Å². The summed E-state index contributed by atoms with van der Waals surface area (Å²) in [6, 6.07) is 15.5. The Morgan fingerprint density at radius 2 is 1.86 bits per heavy atom. The van der Waals surface area contributed by atoms with Crippen LogP contribution >= 0.6 is 0 Å². The van der Waals surface area contributed by atoms with Gasteiger partial charge >= 0.3 is 0 Å². The first kappa shape index (κ1) is 20.5. The molecule has 1 heterocycles. The van der Waals surface area contributed by atoms with Gasteiger partial charge in [0, 0.05) is 19.3 Å². The Bertz CT molecular complexity index is 836. The highest BCUT2D eigenvalue weighted by Gasteiger charge is 2.21. The molecule has 0 radical (unpaired) electrons. The number of rotatable bonds is 7. The number of hydrogen-bond acceptors (Lipinski definition) is 4. The number of aliphatic imine (C=N–C) groups is 1. The van der Waals surface area contributed by atoms with Crippen LogP contribution in [0.5, 0.6) is 11.5 Å². The number of methoxy groups -OCH3 is 1. The summed E-state index contributed by atoms with van der Waals surface area (Å²) in [6.45, 7) is 1.97. The Morgan fingerprint density at radius 3 is 2.62 bits per heavy atom. The molecule has 2 aromatic carbocycles. The molecule has 3 rings (SSSR count). The van der Waals surface area contributed by atoms with Gasteiger partial charge in [-0.3, -0.25) is 9.79 Å². The van der Waals surface area contributed by atoms with Crippen molar-refractivity contribution in [1.29, 1.82) is 0 Å². The third kappa shape index (κ3) is 5.63. The maximum absolute atomic E-state index is 12.7. The summed E-state index contributed by atoms with van der Waals surface area (Å²) in [5.74, 6) is 2.17. The highest BCUT2D eigenvalue weighted by molar-refractivity contribution is 5.98. The normalized spacial score (nSPS) is 13.4. The van der Waals surface area contributed by atoms with Crippen molar-refractivity contribution in [2.24, 2.45) is 4.99 Å². The molecule has 7 heteroatoms. The van der Waals surface area contributed by atoms with E-state index in [1.807, 2.05) is 47.4 Å². The zero-order valence-corrected chi connectivity index (χ0v) is 17.0. The van der Waals surface area contributed by atoms with Crippen LogP contribution in [0.25, 0.3) is 0 Å². The van der Waals surface area contributed by atoms with E-state index in [-0.39, 0.29) is 12.5 Å². The Balaban J connectivity index is 1.42. The zero-order valence-electron chi connectivity index (χ0n) is 17.0. The fraction of sp³-hybridized carbons (Fsp3) is 0.364. The first-order valence-electron chi connectivity index (χ1n) is 9.81. The third-order valence-corrected chi connectivity index (χ3v) is 4.76. The number of ether oxygens (including phenoxy) is 2. The second-order valence-corrected chi connectivity index (χ2v) is 6.65. The molecule has 0 saturated heterocycles. The van der Waals surface area contributed by atoms with Crippen LogP contribution in [-0.2, 0) is 11.2 Å². The number of carbonyl (C=O) groups excluding carboxylic acids is 1. The highest BCUT2D eigenvalue weighted by atomic mass is 16.5. The fourth-order valence-corrected chi connectivity index (χ4v) is 3.28.